The highest BCUT2D eigenvalue weighted by molar-refractivity contribution is 5.76. The molecule has 5 nitrogen and oxygen atoms in total. The zero-order valence-corrected chi connectivity index (χ0v) is 12.6. The van der Waals surface area contributed by atoms with Gasteiger partial charge in [-0.05, 0) is 25.1 Å². The van der Waals surface area contributed by atoms with Crippen molar-refractivity contribution in [1.29, 1.82) is 5.26 Å². The maximum Gasteiger partial charge on any atom is 0.351 e. The van der Waals surface area contributed by atoms with Crippen LogP contribution in [0.2, 0.25) is 0 Å². The van der Waals surface area contributed by atoms with E-state index in [9.17, 15) is 4.79 Å². The second kappa shape index (κ2) is 6.41. The smallest absolute Gasteiger partial charge is 0.351 e. The monoisotopic (exact) mass is 309 g/mol. The van der Waals surface area contributed by atoms with Gasteiger partial charge in [-0.3, -0.25) is 0 Å². The lowest BCUT2D eigenvalue weighted by molar-refractivity contribution is -0.159. The van der Waals surface area contributed by atoms with Crippen LogP contribution in [0.4, 0.5) is 0 Å². The van der Waals surface area contributed by atoms with Crippen LogP contribution < -0.4 is 9.47 Å². The van der Waals surface area contributed by atoms with Crippen LogP contribution in [0.5, 0.6) is 11.5 Å². The molecule has 0 bridgehead atoms. The minimum atomic E-state index is -0.834. The summed E-state index contributed by atoms with van der Waals surface area (Å²) in [4.78, 5) is 12.3. The lowest BCUT2D eigenvalue weighted by atomic mass is 10.1. The van der Waals surface area contributed by atoms with Gasteiger partial charge in [0.1, 0.15) is 12.7 Å². The van der Waals surface area contributed by atoms with Gasteiger partial charge in [0.15, 0.2) is 11.5 Å². The first kappa shape index (κ1) is 14.9. The van der Waals surface area contributed by atoms with Crippen LogP contribution in [-0.4, -0.2) is 18.2 Å². The number of benzene rings is 2. The number of nitriles is 1. The van der Waals surface area contributed by atoms with Crippen molar-refractivity contribution in [3.63, 3.8) is 0 Å². The van der Waals surface area contributed by atoms with E-state index in [1.807, 2.05) is 12.1 Å². The van der Waals surface area contributed by atoms with Crippen molar-refractivity contribution in [3.05, 3.63) is 59.7 Å². The van der Waals surface area contributed by atoms with Gasteiger partial charge in [-0.15, -0.1) is 0 Å². The fraction of sp³-hybridized carbons (Fsp3) is 0.222. The number of ether oxygens (including phenoxy) is 3. The van der Waals surface area contributed by atoms with E-state index in [1.165, 1.54) is 0 Å². The van der Waals surface area contributed by atoms with E-state index in [4.69, 9.17) is 19.5 Å². The molecule has 0 unspecified atom stereocenters. The Morgan fingerprint density at radius 3 is 2.52 bits per heavy atom. The van der Waals surface area contributed by atoms with E-state index < -0.39 is 18.2 Å². The number of fused-ring (bicyclic) bond motifs is 1. The Labute approximate surface area is 134 Å². The van der Waals surface area contributed by atoms with Gasteiger partial charge >= 0.3 is 5.97 Å². The Bertz CT molecular complexity index is 766. The SMILES string of the molecule is C[C@@H]1Oc2ccccc2O[C@@H]1C(=O)OCc1ccccc1C#N. The predicted molar refractivity (Wildman–Crippen MR) is 81.9 cm³/mol. The number of nitrogens with zero attached hydrogens (tertiary/aromatic N) is 1. The molecule has 1 heterocycles. The third-order valence-corrected chi connectivity index (χ3v) is 3.58. The minimum absolute atomic E-state index is 0.0246. The molecule has 5 heteroatoms. The lowest BCUT2D eigenvalue weighted by Gasteiger charge is -2.30. The fourth-order valence-electron chi connectivity index (χ4n) is 2.37. The summed E-state index contributed by atoms with van der Waals surface area (Å²) in [5.74, 6) is 0.614. The zero-order chi connectivity index (χ0) is 16.2. The van der Waals surface area contributed by atoms with E-state index in [1.54, 1.807) is 43.3 Å². The van der Waals surface area contributed by atoms with Crippen LogP contribution in [0.3, 0.4) is 0 Å². The van der Waals surface area contributed by atoms with Gasteiger partial charge in [-0.2, -0.15) is 5.26 Å². The molecule has 0 N–H and O–H groups in total. The summed E-state index contributed by atoms with van der Waals surface area (Å²) in [6.07, 6.45) is -1.29. The number of carbonyl (C=O) groups is 1. The second-order valence-electron chi connectivity index (χ2n) is 5.18. The number of esters is 1. The zero-order valence-electron chi connectivity index (χ0n) is 12.6. The molecule has 2 aromatic carbocycles. The molecule has 0 fully saturated rings. The van der Waals surface area contributed by atoms with Crippen LogP contribution in [0.1, 0.15) is 18.1 Å². The molecule has 116 valence electrons. The highest BCUT2D eigenvalue weighted by atomic mass is 16.6. The van der Waals surface area contributed by atoms with Crippen molar-refractivity contribution in [1.82, 2.24) is 0 Å². The summed E-state index contributed by atoms with van der Waals surface area (Å²) in [5, 5.41) is 9.05. The van der Waals surface area contributed by atoms with Crippen molar-refractivity contribution in [3.8, 4) is 17.6 Å². The first-order chi connectivity index (χ1) is 11.2. The summed E-state index contributed by atoms with van der Waals surface area (Å²) >= 11 is 0. The van der Waals surface area contributed by atoms with Gasteiger partial charge in [0.25, 0.3) is 0 Å². The first-order valence-corrected chi connectivity index (χ1v) is 7.26. The number of rotatable bonds is 3. The number of para-hydroxylation sites is 2. The highest BCUT2D eigenvalue weighted by Gasteiger charge is 2.35. The Kier molecular flexibility index (Phi) is 4.15. The van der Waals surface area contributed by atoms with Gasteiger partial charge in [-0.25, -0.2) is 4.79 Å². The Hall–Kier alpha value is -3.00. The van der Waals surface area contributed by atoms with Crippen molar-refractivity contribution in [2.45, 2.75) is 25.7 Å². The minimum Gasteiger partial charge on any atom is -0.482 e. The van der Waals surface area contributed by atoms with E-state index in [2.05, 4.69) is 6.07 Å². The number of hydrogen-bond acceptors (Lipinski definition) is 5. The summed E-state index contributed by atoms with van der Waals surface area (Å²) in [6, 6.07) is 16.2. The molecule has 0 amide bonds. The van der Waals surface area contributed by atoms with E-state index in [0.29, 0.717) is 22.6 Å². The van der Waals surface area contributed by atoms with E-state index >= 15 is 0 Å². The number of carbonyl (C=O) groups excluding carboxylic acids is 1. The molecule has 2 aromatic rings. The van der Waals surface area contributed by atoms with E-state index in [-0.39, 0.29) is 6.61 Å². The summed E-state index contributed by atoms with van der Waals surface area (Å²) in [7, 11) is 0. The molecule has 3 rings (SSSR count). The molecule has 1 aliphatic heterocycles. The van der Waals surface area contributed by atoms with Gasteiger partial charge in [0.2, 0.25) is 6.10 Å². The van der Waals surface area contributed by atoms with Crippen LogP contribution in [0.25, 0.3) is 0 Å². The molecule has 0 aromatic heterocycles. The van der Waals surface area contributed by atoms with Crippen molar-refractivity contribution in [2.75, 3.05) is 0 Å². The Morgan fingerprint density at radius 2 is 1.78 bits per heavy atom. The van der Waals surface area contributed by atoms with Gasteiger partial charge in [-0.1, -0.05) is 30.3 Å². The Morgan fingerprint density at radius 1 is 1.13 bits per heavy atom. The molecule has 2 atom stereocenters. The van der Waals surface area contributed by atoms with Crippen LogP contribution in [0.15, 0.2) is 48.5 Å². The lowest BCUT2D eigenvalue weighted by Crippen LogP contribution is -2.44. The van der Waals surface area contributed by atoms with Gasteiger partial charge in [0.05, 0.1) is 11.6 Å². The van der Waals surface area contributed by atoms with Crippen molar-refractivity contribution >= 4 is 5.97 Å². The molecule has 0 radical (unpaired) electrons. The maximum absolute atomic E-state index is 12.3. The third kappa shape index (κ3) is 3.11. The summed E-state index contributed by atoms with van der Waals surface area (Å²) in [5.41, 5.74) is 1.15. The third-order valence-electron chi connectivity index (χ3n) is 3.58. The first-order valence-electron chi connectivity index (χ1n) is 7.26. The van der Waals surface area contributed by atoms with Crippen molar-refractivity contribution in [2.24, 2.45) is 0 Å². The average Bonchev–Trinajstić information content (AvgIpc) is 2.59. The summed E-state index contributed by atoms with van der Waals surface area (Å²) in [6.45, 7) is 1.78. The van der Waals surface area contributed by atoms with Gasteiger partial charge in [0, 0.05) is 5.56 Å². The largest absolute Gasteiger partial charge is 0.482 e. The highest BCUT2D eigenvalue weighted by Crippen LogP contribution is 2.33. The predicted octanol–water partition coefficient (Wildman–Crippen LogP) is 2.83. The topological polar surface area (TPSA) is 68.6 Å². The van der Waals surface area contributed by atoms with Crippen LogP contribution in [-0.2, 0) is 16.1 Å². The van der Waals surface area contributed by atoms with Gasteiger partial charge < -0.3 is 14.2 Å². The molecule has 0 spiro atoms. The fourth-order valence-corrected chi connectivity index (χ4v) is 2.37. The van der Waals surface area contributed by atoms with Crippen molar-refractivity contribution < 1.29 is 19.0 Å². The molecule has 23 heavy (non-hydrogen) atoms. The summed E-state index contributed by atoms with van der Waals surface area (Å²) < 4.78 is 16.7. The van der Waals surface area contributed by atoms with Crippen LogP contribution in [0, 0.1) is 11.3 Å². The van der Waals surface area contributed by atoms with Crippen LogP contribution >= 0.6 is 0 Å². The normalized spacial score (nSPS) is 18.8. The molecule has 0 saturated heterocycles. The van der Waals surface area contributed by atoms with E-state index in [0.717, 1.165) is 0 Å². The average molecular weight is 309 g/mol. The molecule has 0 aliphatic carbocycles. The molecule has 1 aliphatic rings. The number of hydrogen-bond donors (Lipinski definition) is 0. The molecule has 0 saturated carbocycles. The quantitative estimate of drug-likeness (QED) is 0.815. The second-order valence-corrected chi connectivity index (χ2v) is 5.18. The Balaban J connectivity index is 1.68. The standard InChI is InChI=1S/C18H15NO4/c1-12-17(23-16-9-5-4-8-15(16)22-12)18(20)21-11-14-7-3-2-6-13(14)10-19/h2-9,12,17H,11H2,1H3/t12-,17-/m0/s1. The maximum atomic E-state index is 12.3. The molecular formula is C18H15NO4. The molecular weight excluding hydrogens is 294 g/mol.